The molecular formula is C21H19FN6S. The minimum absolute atomic E-state index is 0.0811. The molecule has 146 valence electrons. The monoisotopic (exact) mass is 406 g/mol. The third-order valence-electron chi connectivity index (χ3n) is 5.06. The van der Waals surface area contributed by atoms with Crippen LogP contribution in [0.1, 0.15) is 35.3 Å². The molecule has 0 aliphatic heterocycles. The maximum absolute atomic E-state index is 13.2. The molecule has 0 amide bonds. The molecule has 1 aromatic carbocycles. The summed E-state index contributed by atoms with van der Waals surface area (Å²) in [6.45, 7) is 1.93. The first-order valence-electron chi connectivity index (χ1n) is 9.52. The van der Waals surface area contributed by atoms with Gasteiger partial charge in [0.2, 0.25) is 0 Å². The van der Waals surface area contributed by atoms with E-state index in [2.05, 4.69) is 15.3 Å². The highest BCUT2D eigenvalue weighted by molar-refractivity contribution is 7.15. The molecule has 0 saturated carbocycles. The van der Waals surface area contributed by atoms with Crippen molar-refractivity contribution < 1.29 is 4.39 Å². The summed E-state index contributed by atoms with van der Waals surface area (Å²) in [6.07, 6.45) is 10.2. The van der Waals surface area contributed by atoms with Crippen LogP contribution in [0.15, 0.2) is 49.1 Å². The number of rotatable bonds is 4. The number of hydrogen-bond donors (Lipinski definition) is 1. The number of halogens is 1. The number of nitrogens with one attached hydrogen (secondary N) is 1. The van der Waals surface area contributed by atoms with Crippen LogP contribution in [-0.2, 0) is 6.42 Å². The van der Waals surface area contributed by atoms with E-state index in [1.165, 1.54) is 17.0 Å². The van der Waals surface area contributed by atoms with Gasteiger partial charge in [0.25, 0.3) is 0 Å². The van der Waals surface area contributed by atoms with Crippen molar-refractivity contribution in [3.8, 4) is 16.4 Å². The summed E-state index contributed by atoms with van der Waals surface area (Å²) in [5.74, 6) is 2.07. The summed E-state index contributed by atoms with van der Waals surface area (Å²) in [4.78, 5) is 19.5. The molecule has 0 spiro atoms. The Labute approximate surface area is 171 Å². The third kappa shape index (κ3) is 3.51. The van der Waals surface area contributed by atoms with Crippen molar-refractivity contribution in [2.24, 2.45) is 0 Å². The van der Waals surface area contributed by atoms with E-state index in [4.69, 9.17) is 9.97 Å². The molecule has 29 heavy (non-hydrogen) atoms. The number of fused-ring (bicyclic) bond motifs is 1. The lowest BCUT2D eigenvalue weighted by molar-refractivity contribution is 0.592. The minimum Gasteiger partial charge on any atom is -0.360 e. The van der Waals surface area contributed by atoms with Gasteiger partial charge in [0, 0.05) is 22.8 Å². The van der Waals surface area contributed by atoms with E-state index in [0.717, 1.165) is 47.2 Å². The predicted octanol–water partition coefficient (Wildman–Crippen LogP) is 4.72. The maximum atomic E-state index is 13.2. The second-order valence-corrected chi connectivity index (χ2v) is 8.11. The number of thiazole rings is 1. The molecule has 4 aromatic rings. The van der Waals surface area contributed by atoms with Gasteiger partial charge in [0.15, 0.2) is 5.82 Å². The van der Waals surface area contributed by atoms with Crippen LogP contribution in [0.4, 0.5) is 10.2 Å². The highest BCUT2D eigenvalue weighted by atomic mass is 32.1. The largest absolute Gasteiger partial charge is 0.360 e. The van der Waals surface area contributed by atoms with Crippen LogP contribution < -0.4 is 5.32 Å². The van der Waals surface area contributed by atoms with E-state index >= 15 is 0 Å². The third-order valence-corrected chi connectivity index (χ3v) is 6.24. The first-order valence-corrected chi connectivity index (χ1v) is 10.3. The van der Waals surface area contributed by atoms with Crippen LogP contribution in [-0.4, -0.2) is 24.5 Å². The van der Waals surface area contributed by atoms with Crippen molar-refractivity contribution >= 4 is 17.2 Å². The van der Waals surface area contributed by atoms with Crippen LogP contribution >= 0.6 is 11.3 Å². The van der Waals surface area contributed by atoms with E-state index in [0.29, 0.717) is 5.82 Å². The predicted molar refractivity (Wildman–Crippen MR) is 111 cm³/mol. The van der Waals surface area contributed by atoms with Gasteiger partial charge >= 0.3 is 0 Å². The quantitative estimate of drug-likeness (QED) is 0.531. The molecule has 6 nitrogen and oxygen atoms in total. The van der Waals surface area contributed by atoms with Crippen molar-refractivity contribution in [1.29, 1.82) is 0 Å². The van der Waals surface area contributed by atoms with Gasteiger partial charge in [-0.05, 0) is 50.5 Å². The standard InChI is InChI=1S/C21H19FN6S/c1-13-24-9-10-28(13)19-12-23-11-18(26-19)25-16-3-2-4-17-20(16)27-21(29-17)14-5-7-15(22)8-6-14/h5-12,16H,2-4H2,1H3,(H,25,26). The molecule has 3 aromatic heterocycles. The fourth-order valence-corrected chi connectivity index (χ4v) is 4.78. The van der Waals surface area contributed by atoms with Crippen molar-refractivity contribution in [3.63, 3.8) is 0 Å². The number of nitrogens with zero attached hydrogens (tertiary/aromatic N) is 5. The topological polar surface area (TPSA) is 68.5 Å². The number of benzene rings is 1. The molecule has 0 fully saturated rings. The van der Waals surface area contributed by atoms with Crippen LogP contribution in [0, 0.1) is 12.7 Å². The Morgan fingerprint density at radius 2 is 2.03 bits per heavy atom. The zero-order valence-corrected chi connectivity index (χ0v) is 16.7. The van der Waals surface area contributed by atoms with Crippen molar-refractivity contribution in [1.82, 2.24) is 24.5 Å². The fourth-order valence-electron chi connectivity index (χ4n) is 3.61. The Bertz CT molecular complexity index is 1150. The van der Waals surface area contributed by atoms with Crippen LogP contribution in [0.25, 0.3) is 16.4 Å². The number of aromatic nitrogens is 5. The van der Waals surface area contributed by atoms with Gasteiger partial charge in [-0.1, -0.05) is 0 Å². The van der Waals surface area contributed by atoms with Crippen LogP contribution in [0.2, 0.25) is 0 Å². The molecule has 0 bridgehead atoms. The van der Waals surface area contributed by atoms with E-state index in [-0.39, 0.29) is 11.9 Å². The lowest BCUT2D eigenvalue weighted by Crippen LogP contribution is -2.18. The maximum Gasteiger partial charge on any atom is 0.159 e. The van der Waals surface area contributed by atoms with Gasteiger partial charge in [-0.2, -0.15) is 0 Å². The summed E-state index contributed by atoms with van der Waals surface area (Å²) < 4.78 is 15.2. The van der Waals surface area contributed by atoms with Crippen molar-refractivity contribution in [2.45, 2.75) is 32.2 Å². The lowest BCUT2D eigenvalue weighted by Gasteiger charge is -2.22. The Kier molecular flexibility index (Phi) is 4.55. The van der Waals surface area contributed by atoms with E-state index in [1.807, 2.05) is 17.7 Å². The molecule has 0 saturated heterocycles. The van der Waals surface area contributed by atoms with E-state index < -0.39 is 0 Å². The molecule has 5 rings (SSSR count). The SMILES string of the molecule is Cc1nccn1-c1cncc(NC2CCCc3sc(-c4ccc(F)cc4)nc32)n1. The fraction of sp³-hybridized carbons (Fsp3) is 0.238. The van der Waals surface area contributed by atoms with Gasteiger partial charge in [0.1, 0.15) is 22.5 Å². The minimum atomic E-state index is -0.235. The van der Waals surface area contributed by atoms with E-state index in [9.17, 15) is 4.39 Å². The molecule has 1 aliphatic rings. The second-order valence-electron chi connectivity index (χ2n) is 7.03. The highest BCUT2D eigenvalue weighted by Gasteiger charge is 2.25. The first kappa shape index (κ1) is 17.9. The molecular weight excluding hydrogens is 387 g/mol. The average Bonchev–Trinajstić information content (AvgIpc) is 3.36. The molecule has 1 unspecified atom stereocenters. The summed E-state index contributed by atoms with van der Waals surface area (Å²) in [6, 6.07) is 6.60. The molecule has 3 heterocycles. The van der Waals surface area contributed by atoms with Crippen LogP contribution in [0.5, 0.6) is 0 Å². The first-order chi connectivity index (χ1) is 14.2. The summed E-state index contributed by atoms with van der Waals surface area (Å²) in [5.41, 5.74) is 2.01. The Balaban J connectivity index is 1.43. The lowest BCUT2D eigenvalue weighted by atomic mass is 9.97. The molecule has 0 radical (unpaired) electrons. The summed E-state index contributed by atoms with van der Waals surface area (Å²) >= 11 is 1.69. The summed E-state index contributed by atoms with van der Waals surface area (Å²) in [5, 5.41) is 4.44. The van der Waals surface area contributed by atoms with Gasteiger partial charge in [-0.3, -0.25) is 9.55 Å². The Morgan fingerprint density at radius 3 is 2.83 bits per heavy atom. The highest BCUT2D eigenvalue weighted by Crippen LogP contribution is 2.38. The Morgan fingerprint density at radius 1 is 1.17 bits per heavy atom. The molecule has 1 atom stereocenters. The van der Waals surface area contributed by atoms with Crippen molar-refractivity contribution in [2.75, 3.05) is 5.32 Å². The molecule has 1 N–H and O–H groups in total. The van der Waals surface area contributed by atoms with Crippen molar-refractivity contribution in [3.05, 3.63) is 71.3 Å². The smallest absolute Gasteiger partial charge is 0.159 e. The van der Waals surface area contributed by atoms with Gasteiger partial charge < -0.3 is 5.32 Å². The molecule has 1 aliphatic carbocycles. The Hall–Kier alpha value is -3.13. The number of anilines is 1. The van der Waals surface area contributed by atoms with E-state index in [1.54, 1.807) is 42.1 Å². The molecule has 8 heteroatoms. The average molecular weight is 406 g/mol. The zero-order chi connectivity index (χ0) is 19.8. The van der Waals surface area contributed by atoms with Gasteiger partial charge in [-0.15, -0.1) is 11.3 Å². The number of hydrogen-bond acceptors (Lipinski definition) is 6. The summed E-state index contributed by atoms with van der Waals surface area (Å²) in [7, 11) is 0. The van der Waals surface area contributed by atoms with Crippen LogP contribution in [0.3, 0.4) is 0 Å². The number of imidazole rings is 1. The van der Waals surface area contributed by atoms with Gasteiger partial charge in [0.05, 0.1) is 24.1 Å². The zero-order valence-electron chi connectivity index (χ0n) is 15.8. The second kappa shape index (κ2) is 7.36. The number of aryl methyl sites for hydroxylation is 2. The normalized spacial score (nSPS) is 15.9. The van der Waals surface area contributed by atoms with Gasteiger partial charge in [-0.25, -0.2) is 19.3 Å².